The second-order valence-corrected chi connectivity index (χ2v) is 5.84. The fourth-order valence-electron chi connectivity index (χ4n) is 1.90. The first kappa shape index (κ1) is 16.2. The van der Waals surface area contributed by atoms with Gasteiger partial charge >= 0.3 is 0 Å². The van der Waals surface area contributed by atoms with Gasteiger partial charge in [0.1, 0.15) is 0 Å². The lowest BCUT2D eigenvalue weighted by atomic mass is 10.1. The molecule has 0 aliphatic heterocycles. The smallest absolute Gasteiger partial charge is 0.253 e. The van der Waals surface area contributed by atoms with Crippen LogP contribution in [-0.4, -0.2) is 42.5 Å². The minimum Gasteiger partial charge on any atom is -0.387 e. The second-order valence-electron chi connectivity index (χ2n) is 5.06. The van der Waals surface area contributed by atoms with Crippen LogP contribution in [0.1, 0.15) is 32.4 Å². The standard InChI is InChI=1S/C16H18N2O3S/c1-18(2)16(21)12-5-3-11(4-6-12)15(20)17-9-14(19)13-7-8-22-10-13/h3-8,10,14,19H,9H2,1-2H3,(H,17,20). The van der Waals surface area contributed by atoms with Crippen molar-refractivity contribution in [3.05, 3.63) is 57.8 Å². The fraction of sp³-hybridized carbons (Fsp3) is 0.250. The summed E-state index contributed by atoms with van der Waals surface area (Å²) in [5, 5.41) is 16.3. The van der Waals surface area contributed by atoms with E-state index in [1.54, 1.807) is 38.4 Å². The molecular formula is C16H18N2O3S. The average molecular weight is 318 g/mol. The quantitative estimate of drug-likeness (QED) is 0.885. The van der Waals surface area contributed by atoms with E-state index in [0.29, 0.717) is 11.1 Å². The number of carbonyl (C=O) groups is 2. The third kappa shape index (κ3) is 3.93. The first-order valence-electron chi connectivity index (χ1n) is 6.79. The van der Waals surface area contributed by atoms with E-state index in [1.165, 1.54) is 16.2 Å². The zero-order valence-corrected chi connectivity index (χ0v) is 13.3. The van der Waals surface area contributed by atoms with Gasteiger partial charge in [-0.1, -0.05) is 0 Å². The zero-order chi connectivity index (χ0) is 16.1. The molecule has 0 bridgehead atoms. The van der Waals surface area contributed by atoms with Crippen molar-refractivity contribution in [3.63, 3.8) is 0 Å². The lowest BCUT2D eigenvalue weighted by Crippen LogP contribution is -2.28. The SMILES string of the molecule is CN(C)C(=O)c1ccc(C(=O)NCC(O)c2ccsc2)cc1. The van der Waals surface area contributed by atoms with Gasteiger partial charge in [0, 0.05) is 31.8 Å². The Bertz CT molecular complexity index is 636. The zero-order valence-electron chi connectivity index (χ0n) is 12.4. The molecule has 1 unspecified atom stereocenters. The van der Waals surface area contributed by atoms with Gasteiger partial charge in [-0.3, -0.25) is 9.59 Å². The topological polar surface area (TPSA) is 69.6 Å². The number of amides is 2. The molecule has 2 aromatic rings. The van der Waals surface area contributed by atoms with Crippen LogP contribution in [0.3, 0.4) is 0 Å². The molecule has 5 nitrogen and oxygen atoms in total. The first-order valence-corrected chi connectivity index (χ1v) is 7.73. The summed E-state index contributed by atoms with van der Waals surface area (Å²) in [7, 11) is 3.35. The summed E-state index contributed by atoms with van der Waals surface area (Å²) in [6.07, 6.45) is -0.718. The molecule has 0 aliphatic carbocycles. The maximum absolute atomic E-state index is 12.0. The predicted molar refractivity (Wildman–Crippen MR) is 86.1 cm³/mol. The molecule has 1 aromatic heterocycles. The predicted octanol–water partition coefficient (Wildman–Crippen LogP) is 1.91. The van der Waals surface area contributed by atoms with Gasteiger partial charge in [0.15, 0.2) is 0 Å². The summed E-state index contributed by atoms with van der Waals surface area (Å²) in [4.78, 5) is 25.3. The van der Waals surface area contributed by atoms with E-state index in [1.807, 2.05) is 16.8 Å². The summed E-state index contributed by atoms with van der Waals surface area (Å²) in [6.45, 7) is 0.147. The van der Waals surface area contributed by atoms with Crippen molar-refractivity contribution in [2.45, 2.75) is 6.10 Å². The summed E-state index contributed by atoms with van der Waals surface area (Å²) >= 11 is 1.50. The van der Waals surface area contributed by atoms with Gasteiger partial charge in [-0.2, -0.15) is 11.3 Å². The maximum atomic E-state index is 12.0. The van der Waals surface area contributed by atoms with Crippen molar-refractivity contribution in [1.29, 1.82) is 0 Å². The number of thiophene rings is 1. The first-order chi connectivity index (χ1) is 10.5. The Morgan fingerprint density at radius 2 is 1.82 bits per heavy atom. The monoisotopic (exact) mass is 318 g/mol. The summed E-state index contributed by atoms with van der Waals surface area (Å²) in [5.41, 5.74) is 1.77. The highest BCUT2D eigenvalue weighted by atomic mass is 32.1. The van der Waals surface area contributed by atoms with Crippen molar-refractivity contribution in [2.75, 3.05) is 20.6 Å². The average Bonchev–Trinajstić information content (AvgIpc) is 3.06. The van der Waals surface area contributed by atoms with Crippen molar-refractivity contribution in [1.82, 2.24) is 10.2 Å². The number of carbonyl (C=O) groups excluding carboxylic acids is 2. The van der Waals surface area contributed by atoms with E-state index >= 15 is 0 Å². The van der Waals surface area contributed by atoms with E-state index < -0.39 is 6.10 Å². The second kappa shape index (κ2) is 7.20. The molecule has 0 saturated carbocycles. The highest BCUT2D eigenvalue weighted by molar-refractivity contribution is 7.07. The lowest BCUT2D eigenvalue weighted by molar-refractivity contribution is 0.0826. The largest absolute Gasteiger partial charge is 0.387 e. The van der Waals surface area contributed by atoms with Gasteiger partial charge in [0.25, 0.3) is 11.8 Å². The van der Waals surface area contributed by atoms with Crippen molar-refractivity contribution < 1.29 is 14.7 Å². The van der Waals surface area contributed by atoms with Gasteiger partial charge in [-0.05, 0) is 46.7 Å². The Labute approximate surface area is 133 Å². The molecule has 22 heavy (non-hydrogen) atoms. The lowest BCUT2D eigenvalue weighted by Gasteiger charge is -2.12. The molecule has 2 rings (SSSR count). The van der Waals surface area contributed by atoms with Crippen LogP contribution in [0.5, 0.6) is 0 Å². The van der Waals surface area contributed by atoms with Crippen LogP contribution >= 0.6 is 11.3 Å². The van der Waals surface area contributed by atoms with Gasteiger partial charge in [0.05, 0.1) is 6.10 Å². The van der Waals surface area contributed by atoms with E-state index in [0.717, 1.165) is 5.56 Å². The number of benzene rings is 1. The molecule has 0 fully saturated rings. The molecule has 6 heteroatoms. The normalized spacial score (nSPS) is 11.8. The molecule has 0 radical (unpaired) electrons. The molecule has 1 aromatic carbocycles. The van der Waals surface area contributed by atoms with E-state index in [4.69, 9.17) is 0 Å². The highest BCUT2D eigenvalue weighted by Gasteiger charge is 2.12. The van der Waals surface area contributed by atoms with Crippen molar-refractivity contribution in [2.24, 2.45) is 0 Å². The van der Waals surface area contributed by atoms with Crippen LogP contribution in [0, 0.1) is 0 Å². The van der Waals surface area contributed by atoms with Gasteiger partial charge in [0.2, 0.25) is 0 Å². The molecule has 0 aliphatic rings. The van der Waals surface area contributed by atoms with Crippen LogP contribution in [0.25, 0.3) is 0 Å². The molecule has 1 atom stereocenters. The number of hydrogen-bond donors (Lipinski definition) is 2. The van der Waals surface area contributed by atoms with Crippen molar-refractivity contribution in [3.8, 4) is 0 Å². The minimum atomic E-state index is -0.718. The van der Waals surface area contributed by atoms with Gasteiger partial charge in [-0.15, -0.1) is 0 Å². The van der Waals surface area contributed by atoms with Crippen LogP contribution in [0.15, 0.2) is 41.1 Å². The van der Waals surface area contributed by atoms with Crippen molar-refractivity contribution >= 4 is 23.2 Å². The Morgan fingerprint density at radius 1 is 1.18 bits per heavy atom. The number of hydrogen-bond acceptors (Lipinski definition) is 4. The summed E-state index contributed by atoms with van der Waals surface area (Å²) < 4.78 is 0. The molecule has 0 saturated heterocycles. The van der Waals surface area contributed by atoms with Crippen LogP contribution in [0.2, 0.25) is 0 Å². The molecule has 2 amide bonds. The van der Waals surface area contributed by atoms with Gasteiger partial charge in [-0.25, -0.2) is 0 Å². The highest BCUT2D eigenvalue weighted by Crippen LogP contribution is 2.15. The Balaban J connectivity index is 1.94. The summed E-state index contributed by atoms with van der Waals surface area (Å²) in [6, 6.07) is 8.26. The number of rotatable bonds is 5. The number of nitrogens with zero attached hydrogens (tertiary/aromatic N) is 1. The molecule has 2 N–H and O–H groups in total. The van der Waals surface area contributed by atoms with E-state index in [-0.39, 0.29) is 18.4 Å². The van der Waals surface area contributed by atoms with Crippen LogP contribution in [0.4, 0.5) is 0 Å². The third-order valence-corrected chi connectivity index (χ3v) is 3.89. The maximum Gasteiger partial charge on any atom is 0.253 e. The van der Waals surface area contributed by atoms with Crippen LogP contribution in [-0.2, 0) is 0 Å². The Kier molecular flexibility index (Phi) is 5.30. The third-order valence-electron chi connectivity index (χ3n) is 3.18. The van der Waals surface area contributed by atoms with Crippen LogP contribution < -0.4 is 5.32 Å². The van der Waals surface area contributed by atoms with E-state index in [9.17, 15) is 14.7 Å². The molecular weight excluding hydrogens is 300 g/mol. The molecule has 116 valence electrons. The molecule has 1 heterocycles. The number of nitrogens with one attached hydrogen (secondary N) is 1. The van der Waals surface area contributed by atoms with Gasteiger partial charge < -0.3 is 15.3 Å². The Morgan fingerprint density at radius 3 is 2.36 bits per heavy atom. The fourth-order valence-corrected chi connectivity index (χ4v) is 2.60. The minimum absolute atomic E-state index is 0.111. The Hall–Kier alpha value is -2.18. The molecule has 0 spiro atoms. The summed E-state index contributed by atoms with van der Waals surface area (Å²) in [5.74, 6) is -0.391. The van der Waals surface area contributed by atoms with E-state index in [2.05, 4.69) is 5.32 Å². The number of aliphatic hydroxyl groups is 1. The number of aliphatic hydroxyl groups excluding tert-OH is 1.